The third kappa shape index (κ3) is 3.61. The number of ether oxygens (including phenoxy) is 2. The number of aliphatic hydroxyl groups is 1. The van der Waals surface area contributed by atoms with Gasteiger partial charge in [0.25, 0.3) is 5.91 Å². The van der Waals surface area contributed by atoms with E-state index in [0.717, 1.165) is 29.7 Å². The zero-order valence-corrected chi connectivity index (χ0v) is 14.5. The van der Waals surface area contributed by atoms with E-state index in [9.17, 15) is 9.90 Å². The average Bonchev–Trinajstić information content (AvgIpc) is 2.66. The van der Waals surface area contributed by atoms with E-state index in [4.69, 9.17) is 9.47 Å². The highest BCUT2D eigenvalue weighted by Gasteiger charge is 2.34. The summed E-state index contributed by atoms with van der Waals surface area (Å²) in [6.45, 7) is 0.169. The molecule has 0 saturated carbocycles. The molecule has 1 unspecified atom stereocenters. The second-order valence-corrected chi connectivity index (χ2v) is 6.32. The zero-order valence-electron chi connectivity index (χ0n) is 14.5. The summed E-state index contributed by atoms with van der Waals surface area (Å²) in [5.41, 5.74) is 1.39. The maximum atomic E-state index is 12.4. The predicted octanol–water partition coefficient (Wildman–Crippen LogP) is 2.66. The van der Waals surface area contributed by atoms with E-state index in [1.54, 1.807) is 38.5 Å². The van der Waals surface area contributed by atoms with Gasteiger partial charge in [-0.3, -0.25) is 4.79 Å². The van der Waals surface area contributed by atoms with E-state index in [0.29, 0.717) is 17.7 Å². The number of carbonyl (C=O) groups excluding carboxylic acids is 1. The van der Waals surface area contributed by atoms with Gasteiger partial charge in [0.05, 0.1) is 20.8 Å². The number of aryl methyl sites for hydroxylation is 1. The molecule has 0 aliphatic heterocycles. The van der Waals surface area contributed by atoms with Crippen molar-refractivity contribution in [1.29, 1.82) is 0 Å². The summed E-state index contributed by atoms with van der Waals surface area (Å²) < 4.78 is 10.4. The lowest BCUT2D eigenvalue weighted by atomic mass is 9.79. The fourth-order valence-electron chi connectivity index (χ4n) is 3.34. The number of benzene rings is 2. The topological polar surface area (TPSA) is 67.8 Å². The Morgan fingerprint density at radius 3 is 2.68 bits per heavy atom. The van der Waals surface area contributed by atoms with Gasteiger partial charge in [-0.1, -0.05) is 12.1 Å². The fourth-order valence-corrected chi connectivity index (χ4v) is 3.34. The predicted molar refractivity (Wildman–Crippen MR) is 95.2 cm³/mol. The number of carbonyl (C=O) groups is 1. The molecule has 2 aromatic carbocycles. The molecule has 0 heterocycles. The molecule has 1 aliphatic carbocycles. The van der Waals surface area contributed by atoms with Crippen molar-refractivity contribution in [3.05, 3.63) is 59.2 Å². The number of rotatable bonds is 5. The molecular formula is C20H23NO4. The van der Waals surface area contributed by atoms with Crippen LogP contribution in [-0.2, 0) is 12.0 Å². The molecule has 0 bridgehead atoms. The average molecular weight is 341 g/mol. The number of amides is 1. The molecule has 2 aromatic rings. The van der Waals surface area contributed by atoms with E-state index < -0.39 is 5.60 Å². The van der Waals surface area contributed by atoms with Gasteiger partial charge in [-0.25, -0.2) is 0 Å². The quantitative estimate of drug-likeness (QED) is 0.877. The molecule has 5 nitrogen and oxygen atoms in total. The van der Waals surface area contributed by atoms with Crippen molar-refractivity contribution in [3.8, 4) is 11.5 Å². The van der Waals surface area contributed by atoms with Gasteiger partial charge in [0.2, 0.25) is 0 Å². The molecule has 0 fully saturated rings. The molecule has 1 aliphatic rings. The second kappa shape index (κ2) is 7.15. The molecule has 0 spiro atoms. The minimum Gasteiger partial charge on any atom is -0.497 e. The van der Waals surface area contributed by atoms with E-state index in [-0.39, 0.29) is 12.5 Å². The highest BCUT2D eigenvalue weighted by atomic mass is 16.5. The highest BCUT2D eigenvalue weighted by Crippen LogP contribution is 2.36. The molecular weight excluding hydrogens is 318 g/mol. The monoisotopic (exact) mass is 341 g/mol. The third-order valence-corrected chi connectivity index (χ3v) is 4.72. The molecule has 3 rings (SSSR count). The molecule has 25 heavy (non-hydrogen) atoms. The first-order valence-corrected chi connectivity index (χ1v) is 8.38. The van der Waals surface area contributed by atoms with Gasteiger partial charge in [-0.15, -0.1) is 0 Å². The lowest BCUT2D eigenvalue weighted by Crippen LogP contribution is -2.43. The van der Waals surface area contributed by atoms with E-state index in [1.165, 1.54) is 0 Å². The molecule has 1 atom stereocenters. The van der Waals surface area contributed by atoms with E-state index >= 15 is 0 Å². The van der Waals surface area contributed by atoms with Crippen LogP contribution in [-0.4, -0.2) is 31.8 Å². The summed E-state index contributed by atoms with van der Waals surface area (Å²) >= 11 is 0. The maximum Gasteiger partial charge on any atom is 0.251 e. The van der Waals surface area contributed by atoms with Crippen LogP contribution in [0.1, 0.15) is 34.3 Å². The number of fused-ring (bicyclic) bond motifs is 1. The van der Waals surface area contributed by atoms with Crippen LogP contribution >= 0.6 is 0 Å². The standard InChI is InChI=1S/C20H23NO4/c1-24-16-7-3-5-15(12-16)19(22)21-13-20(23)10-4-6-14-11-17(25-2)8-9-18(14)20/h3,5,7-9,11-12,23H,4,6,10,13H2,1-2H3,(H,21,22). The zero-order chi connectivity index (χ0) is 17.9. The first-order chi connectivity index (χ1) is 12.1. The minimum absolute atomic E-state index is 0.169. The molecule has 132 valence electrons. The number of hydrogen-bond acceptors (Lipinski definition) is 4. The van der Waals surface area contributed by atoms with Crippen molar-refractivity contribution in [2.45, 2.75) is 24.9 Å². The Morgan fingerprint density at radius 1 is 1.16 bits per heavy atom. The van der Waals surface area contributed by atoms with Gasteiger partial charge in [0, 0.05) is 5.56 Å². The number of hydrogen-bond donors (Lipinski definition) is 2. The van der Waals surface area contributed by atoms with Gasteiger partial charge in [0.15, 0.2) is 0 Å². The normalized spacial score (nSPS) is 19.0. The van der Waals surface area contributed by atoms with Crippen LogP contribution in [0, 0.1) is 0 Å². The summed E-state index contributed by atoms with van der Waals surface area (Å²) in [6, 6.07) is 12.7. The van der Waals surface area contributed by atoms with Crippen LogP contribution in [0.5, 0.6) is 11.5 Å². The van der Waals surface area contributed by atoms with Crippen LogP contribution in [0.4, 0.5) is 0 Å². The first-order valence-electron chi connectivity index (χ1n) is 8.38. The third-order valence-electron chi connectivity index (χ3n) is 4.72. The summed E-state index contributed by atoms with van der Waals surface area (Å²) in [5.74, 6) is 1.18. The summed E-state index contributed by atoms with van der Waals surface area (Å²) in [5, 5.41) is 14.0. The molecule has 0 radical (unpaired) electrons. The van der Waals surface area contributed by atoms with Crippen molar-refractivity contribution in [2.75, 3.05) is 20.8 Å². The Kier molecular flexibility index (Phi) is 4.95. The van der Waals surface area contributed by atoms with Crippen LogP contribution < -0.4 is 14.8 Å². The maximum absolute atomic E-state index is 12.4. The molecule has 0 saturated heterocycles. The number of nitrogens with one attached hydrogen (secondary N) is 1. The highest BCUT2D eigenvalue weighted by molar-refractivity contribution is 5.94. The van der Waals surface area contributed by atoms with Crippen LogP contribution in [0.2, 0.25) is 0 Å². The van der Waals surface area contributed by atoms with Crippen LogP contribution in [0.25, 0.3) is 0 Å². The Balaban J connectivity index is 1.76. The largest absolute Gasteiger partial charge is 0.497 e. The van der Waals surface area contributed by atoms with E-state index in [2.05, 4.69) is 5.32 Å². The van der Waals surface area contributed by atoms with Gasteiger partial charge in [-0.2, -0.15) is 0 Å². The molecule has 0 aromatic heterocycles. The summed E-state index contributed by atoms with van der Waals surface area (Å²) in [7, 11) is 3.19. The van der Waals surface area contributed by atoms with Crippen molar-refractivity contribution in [2.24, 2.45) is 0 Å². The molecule has 2 N–H and O–H groups in total. The Morgan fingerprint density at radius 2 is 1.92 bits per heavy atom. The van der Waals surface area contributed by atoms with Crippen molar-refractivity contribution >= 4 is 5.91 Å². The van der Waals surface area contributed by atoms with Crippen LogP contribution in [0.15, 0.2) is 42.5 Å². The van der Waals surface area contributed by atoms with Gasteiger partial charge < -0.3 is 19.9 Å². The number of methoxy groups -OCH3 is 2. The lowest BCUT2D eigenvalue weighted by molar-refractivity contribution is 0.0189. The van der Waals surface area contributed by atoms with E-state index in [1.807, 2.05) is 18.2 Å². The van der Waals surface area contributed by atoms with Gasteiger partial charge in [0.1, 0.15) is 17.1 Å². The van der Waals surface area contributed by atoms with Gasteiger partial charge >= 0.3 is 0 Å². The summed E-state index contributed by atoms with van der Waals surface area (Å²) in [6.07, 6.45) is 2.38. The summed E-state index contributed by atoms with van der Waals surface area (Å²) in [4.78, 5) is 12.4. The smallest absolute Gasteiger partial charge is 0.251 e. The Bertz CT molecular complexity index is 774. The van der Waals surface area contributed by atoms with Crippen molar-refractivity contribution in [1.82, 2.24) is 5.32 Å². The Labute approximate surface area is 147 Å². The van der Waals surface area contributed by atoms with Crippen molar-refractivity contribution in [3.63, 3.8) is 0 Å². The second-order valence-electron chi connectivity index (χ2n) is 6.32. The SMILES string of the molecule is COc1cccc(C(=O)NCC2(O)CCCc3cc(OC)ccc32)c1. The Hall–Kier alpha value is -2.53. The fraction of sp³-hybridized carbons (Fsp3) is 0.350. The van der Waals surface area contributed by atoms with Crippen LogP contribution in [0.3, 0.4) is 0 Å². The lowest BCUT2D eigenvalue weighted by Gasteiger charge is -2.35. The molecule has 1 amide bonds. The minimum atomic E-state index is -1.06. The van der Waals surface area contributed by atoms with Gasteiger partial charge in [-0.05, 0) is 60.7 Å². The molecule has 5 heteroatoms. The van der Waals surface area contributed by atoms with Crippen molar-refractivity contribution < 1.29 is 19.4 Å². The first kappa shape index (κ1) is 17.3.